The molecule has 0 saturated carbocycles. The Morgan fingerprint density at radius 3 is 2.62 bits per heavy atom. The molecule has 2 nitrogen and oxygen atoms in total. The van der Waals surface area contributed by atoms with Gasteiger partial charge in [-0.3, -0.25) is 0 Å². The van der Waals surface area contributed by atoms with Crippen molar-refractivity contribution in [2.45, 2.75) is 6.42 Å². The van der Waals surface area contributed by atoms with Gasteiger partial charge in [-0.05, 0) is 11.6 Å². The molecule has 1 rings (SSSR count). The van der Waals surface area contributed by atoms with Crippen molar-refractivity contribution in [3.05, 3.63) is 34.9 Å². The maximum atomic E-state index is 5.90. The predicted molar refractivity (Wildman–Crippen MR) is 49.1 cm³/mol. The number of hydrogen-bond donors (Lipinski definition) is 1. The van der Waals surface area contributed by atoms with Crippen LogP contribution >= 0.6 is 11.6 Å². The molecule has 72 valence electrons. The summed E-state index contributed by atoms with van der Waals surface area (Å²) in [6.45, 7) is 0. The maximum absolute atomic E-state index is 5.90. The number of rotatable bonds is 2. The molecule has 0 aliphatic rings. The van der Waals surface area contributed by atoms with Crippen molar-refractivity contribution >= 4 is 17.5 Å². The molecule has 0 atom stereocenters. The summed E-state index contributed by atoms with van der Waals surface area (Å²) in [6, 6.07) is 7.56. The maximum Gasteiger partial charge on any atom is 0.337 e. The molecule has 0 fully saturated rings. The van der Waals surface area contributed by atoms with Crippen molar-refractivity contribution in [2.75, 3.05) is 7.11 Å². The molecule has 0 spiro atoms. The molecule has 0 unspecified atom stereocenters. The fourth-order valence-corrected chi connectivity index (χ4v) is 1.10. The second kappa shape index (κ2) is 5.84. The molecule has 1 aromatic carbocycles. The fourth-order valence-electron chi connectivity index (χ4n) is 0.902. The largest absolute Gasteiger partial charge is 1.00 e. The Bertz CT molecular complexity index is 289. The average Bonchev–Trinajstić information content (AvgIpc) is 2.09. The summed E-state index contributed by atoms with van der Waals surface area (Å²) in [5.74, 6) is 0.475. The number of nitrogens with two attached hydrogens (primary N) is 1. The van der Waals surface area contributed by atoms with Crippen molar-refractivity contribution < 1.29 is 22.6 Å². The number of hydrogen-bond acceptors (Lipinski definition) is 1. The van der Waals surface area contributed by atoms with Gasteiger partial charge < -0.3 is 17.1 Å². The lowest BCUT2D eigenvalue weighted by Crippen LogP contribution is -3.00. The fraction of sp³-hybridized carbons (Fsp3) is 0.222. The van der Waals surface area contributed by atoms with Gasteiger partial charge in [-0.15, -0.1) is 0 Å². The summed E-state index contributed by atoms with van der Waals surface area (Å²) in [5, 5.41) is 6.23. The minimum Gasteiger partial charge on any atom is -1.00 e. The first-order valence-corrected chi connectivity index (χ1v) is 4.00. The van der Waals surface area contributed by atoms with Gasteiger partial charge in [-0.25, -0.2) is 5.41 Å². The summed E-state index contributed by atoms with van der Waals surface area (Å²) in [6.07, 6.45) is 0.566. The van der Waals surface area contributed by atoms with Gasteiger partial charge in [-0.2, -0.15) is 0 Å². The topological polar surface area (TPSA) is 34.8 Å². The molecule has 4 heteroatoms. The first-order valence-electron chi connectivity index (χ1n) is 3.62. The first kappa shape index (κ1) is 12.3. The molecule has 0 bridgehead atoms. The third kappa shape index (κ3) is 3.66. The number of ether oxygens (including phenoxy) is 1. The van der Waals surface area contributed by atoms with Crippen LogP contribution in [0.25, 0.3) is 0 Å². The van der Waals surface area contributed by atoms with Gasteiger partial charge in [0.25, 0.3) is 0 Å². The Balaban J connectivity index is 0.00000144. The van der Waals surface area contributed by atoms with Gasteiger partial charge in [-0.1, -0.05) is 29.8 Å². The van der Waals surface area contributed by atoms with Crippen molar-refractivity contribution in [1.82, 2.24) is 0 Å². The molecule has 2 N–H and O–H groups in total. The van der Waals surface area contributed by atoms with E-state index in [9.17, 15) is 0 Å². The normalized spacial score (nSPS) is 8.77. The van der Waals surface area contributed by atoms with Crippen LogP contribution in [0, 0.1) is 0 Å². The van der Waals surface area contributed by atoms with E-state index >= 15 is 0 Å². The van der Waals surface area contributed by atoms with E-state index in [-0.39, 0.29) is 12.4 Å². The smallest absolute Gasteiger partial charge is 0.337 e. The Kier molecular flexibility index (Phi) is 5.51. The molecule has 13 heavy (non-hydrogen) atoms. The van der Waals surface area contributed by atoms with Gasteiger partial charge in [0.2, 0.25) is 0 Å². The summed E-state index contributed by atoms with van der Waals surface area (Å²) >= 11 is 5.90. The molecular formula is C9H11Cl2NO. The quantitative estimate of drug-likeness (QED) is 0.441. The van der Waals surface area contributed by atoms with E-state index in [4.69, 9.17) is 21.7 Å². The molecule has 0 aliphatic heterocycles. The van der Waals surface area contributed by atoms with Crippen LogP contribution in [0.4, 0.5) is 0 Å². The standard InChI is InChI=1S/C9H10ClNO.ClH/c1-12-9(11)6-7-4-2-3-5-8(7)10;/h2-5,11H,6H2,1H3;1H. The van der Waals surface area contributed by atoms with Crippen LogP contribution in [-0.4, -0.2) is 13.0 Å². The van der Waals surface area contributed by atoms with Gasteiger partial charge in [0.05, 0.1) is 13.5 Å². The van der Waals surface area contributed by atoms with Crippen LogP contribution in [0.5, 0.6) is 0 Å². The second-order valence-electron chi connectivity index (χ2n) is 2.44. The highest BCUT2D eigenvalue weighted by Gasteiger charge is 2.06. The van der Waals surface area contributed by atoms with Gasteiger partial charge in [0.15, 0.2) is 0 Å². The van der Waals surface area contributed by atoms with Crippen LogP contribution in [0.2, 0.25) is 5.02 Å². The van der Waals surface area contributed by atoms with Crippen LogP contribution in [0.1, 0.15) is 5.56 Å². The van der Waals surface area contributed by atoms with Gasteiger partial charge >= 0.3 is 5.90 Å². The van der Waals surface area contributed by atoms with E-state index < -0.39 is 0 Å². The second-order valence-corrected chi connectivity index (χ2v) is 2.85. The Labute approximate surface area is 88.8 Å². The Morgan fingerprint density at radius 1 is 1.46 bits per heavy atom. The summed E-state index contributed by atoms with van der Waals surface area (Å²) in [7, 11) is 1.55. The molecule has 0 heterocycles. The SMILES string of the molecule is COC(=[NH2+])Cc1ccccc1Cl.[Cl-]. The van der Waals surface area contributed by atoms with Crippen LogP contribution in [-0.2, 0) is 11.2 Å². The highest BCUT2D eigenvalue weighted by atomic mass is 35.5. The zero-order valence-corrected chi connectivity index (χ0v) is 8.77. The third-order valence-corrected chi connectivity index (χ3v) is 1.95. The minimum absolute atomic E-state index is 0. The highest BCUT2D eigenvalue weighted by molar-refractivity contribution is 6.31. The van der Waals surface area contributed by atoms with E-state index in [1.165, 1.54) is 0 Å². The van der Waals surface area contributed by atoms with Crippen LogP contribution in [0.15, 0.2) is 24.3 Å². The van der Waals surface area contributed by atoms with E-state index in [1.54, 1.807) is 7.11 Å². The third-order valence-electron chi connectivity index (χ3n) is 1.58. The number of methoxy groups -OCH3 is 1. The van der Waals surface area contributed by atoms with E-state index in [1.807, 2.05) is 24.3 Å². The monoisotopic (exact) mass is 219 g/mol. The molecular weight excluding hydrogens is 209 g/mol. The molecule has 0 saturated heterocycles. The van der Waals surface area contributed by atoms with Gasteiger partial charge in [0, 0.05) is 5.02 Å². The van der Waals surface area contributed by atoms with Crippen LogP contribution in [0.3, 0.4) is 0 Å². The lowest BCUT2D eigenvalue weighted by molar-refractivity contribution is -0.139. The Morgan fingerprint density at radius 2 is 2.08 bits per heavy atom. The lowest BCUT2D eigenvalue weighted by atomic mass is 10.1. The summed E-state index contributed by atoms with van der Waals surface area (Å²) in [5.41, 5.74) is 0.985. The van der Waals surface area contributed by atoms with E-state index in [0.29, 0.717) is 12.3 Å². The number of benzene rings is 1. The number of halogens is 2. The minimum atomic E-state index is 0. The van der Waals surface area contributed by atoms with Crippen molar-refractivity contribution in [1.29, 1.82) is 0 Å². The van der Waals surface area contributed by atoms with E-state index in [0.717, 1.165) is 10.6 Å². The zero-order valence-electron chi connectivity index (χ0n) is 7.26. The molecule has 0 aromatic heterocycles. The van der Waals surface area contributed by atoms with Crippen molar-refractivity contribution in [2.24, 2.45) is 0 Å². The van der Waals surface area contributed by atoms with Crippen molar-refractivity contribution in [3.63, 3.8) is 0 Å². The molecule has 0 radical (unpaired) electrons. The molecule has 0 aliphatic carbocycles. The van der Waals surface area contributed by atoms with Gasteiger partial charge in [0.1, 0.15) is 0 Å². The van der Waals surface area contributed by atoms with E-state index in [2.05, 4.69) is 0 Å². The first-order chi connectivity index (χ1) is 5.74. The molecule has 1 aromatic rings. The Hall–Kier alpha value is -0.730. The lowest BCUT2D eigenvalue weighted by Gasteiger charge is -2.00. The van der Waals surface area contributed by atoms with Crippen molar-refractivity contribution in [3.8, 4) is 0 Å². The molecule has 0 amide bonds. The average molecular weight is 220 g/mol. The summed E-state index contributed by atoms with van der Waals surface area (Å²) in [4.78, 5) is 0. The zero-order chi connectivity index (χ0) is 8.97. The van der Waals surface area contributed by atoms with Crippen LogP contribution < -0.4 is 17.8 Å². The summed E-state index contributed by atoms with van der Waals surface area (Å²) < 4.78 is 4.84. The predicted octanol–water partition coefficient (Wildman–Crippen LogP) is -2.31. The highest BCUT2D eigenvalue weighted by Crippen LogP contribution is 2.15.